The van der Waals surface area contributed by atoms with Crippen molar-refractivity contribution >= 4 is 16.8 Å². The van der Waals surface area contributed by atoms with Crippen LogP contribution >= 0.6 is 0 Å². The number of H-pyrrole nitrogens is 1. The van der Waals surface area contributed by atoms with Crippen LogP contribution in [0.4, 0.5) is 0 Å². The van der Waals surface area contributed by atoms with Crippen LogP contribution in [0.5, 0.6) is 0 Å². The van der Waals surface area contributed by atoms with E-state index in [4.69, 9.17) is 0 Å². The van der Waals surface area contributed by atoms with Crippen LogP contribution in [-0.2, 0) is 6.54 Å². The predicted octanol–water partition coefficient (Wildman–Crippen LogP) is 2.47. The molecule has 1 amide bonds. The number of carbonyl (C=O) groups is 1. The number of aromatic nitrogens is 2. The van der Waals surface area contributed by atoms with Gasteiger partial charge in [0.25, 0.3) is 11.5 Å². The number of hydrogen-bond donors (Lipinski definition) is 2. The molecule has 0 aliphatic rings. The fourth-order valence-corrected chi connectivity index (χ4v) is 2.64. The zero-order valence-corrected chi connectivity index (χ0v) is 13.0. The molecule has 0 radical (unpaired) electrons. The van der Waals surface area contributed by atoms with Crippen molar-refractivity contribution < 1.29 is 4.79 Å². The molecule has 0 spiro atoms. The Balaban J connectivity index is 1.87. The van der Waals surface area contributed by atoms with E-state index < -0.39 is 0 Å². The van der Waals surface area contributed by atoms with Crippen LogP contribution in [-0.4, -0.2) is 15.9 Å². The lowest BCUT2D eigenvalue weighted by Crippen LogP contribution is -2.26. The highest BCUT2D eigenvalue weighted by molar-refractivity contribution is 5.94. The van der Waals surface area contributed by atoms with E-state index in [9.17, 15) is 9.59 Å². The normalized spacial score (nSPS) is 10.7. The summed E-state index contributed by atoms with van der Waals surface area (Å²) in [6.07, 6.45) is 3.12. The molecule has 0 unspecified atom stereocenters. The lowest BCUT2D eigenvalue weighted by Gasteiger charge is -2.08. The van der Waals surface area contributed by atoms with Crippen molar-refractivity contribution in [1.82, 2.24) is 15.3 Å². The highest BCUT2D eigenvalue weighted by atomic mass is 16.1. The van der Waals surface area contributed by atoms with E-state index in [2.05, 4.69) is 15.3 Å². The Hall–Kier alpha value is -2.95. The minimum atomic E-state index is -0.229. The van der Waals surface area contributed by atoms with Gasteiger partial charge in [0, 0.05) is 30.1 Å². The van der Waals surface area contributed by atoms with Crippen molar-refractivity contribution in [1.29, 1.82) is 0 Å². The molecule has 0 saturated carbocycles. The second-order valence-electron chi connectivity index (χ2n) is 5.59. The summed E-state index contributed by atoms with van der Waals surface area (Å²) in [7, 11) is 0. The molecule has 2 N–H and O–H groups in total. The van der Waals surface area contributed by atoms with Gasteiger partial charge in [0.15, 0.2) is 0 Å². The fraction of sp³-hybridized carbons (Fsp3) is 0.167. The summed E-state index contributed by atoms with van der Waals surface area (Å²) in [4.78, 5) is 31.0. The van der Waals surface area contributed by atoms with Gasteiger partial charge in [-0.1, -0.05) is 11.6 Å². The topological polar surface area (TPSA) is 74.8 Å². The number of fused-ring (bicyclic) bond motifs is 1. The molecule has 5 heteroatoms. The molecule has 1 aromatic carbocycles. The minimum Gasteiger partial charge on any atom is -0.348 e. The number of nitrogens with one attached hydrogen (secondary N) is 2. The Morgan fingerprint density at radius 3 is 2.65 bits per heavy atom. The first kappa shape index (κ1) is 15.0. The number of carbonyl (C=O) groups excluding carboxylic acids is 1. The number of hydrogen-bond acceptors (Lipinski definition) is 3. The van der Waals surface area contributed by atoms with Crippen molar-refractivity contribution in [2.24, 2.45) is 0 Å². The zero-order valence-electron chi connectivity index (χ0n) is 13.0. The molecule has 0 atom stereocenters. The Morgan fingerprint density at radius 2 is 1.91 bits per heavy atom. The first-order valence-electron chi connectivity index (χ1n) is 7.36. The van der Waals surface area contributed by atoms with Gasteiger partial charge in [-0.05, 0) is 49.1 Å². The predicted molar refractivity (Wildman–Crippen MR) is 89.4 cm³/mol. The van der Waals surface area contributed by atoms with Crippen molar-refractivity contribution in [3.05, 3.63) is 75.3 Å². The standard InChI is InChI=1S/C18H17N3O2/c1-11-7-12(2)16-14(8-11)9-15(18(23)21-16)10-20-17(22)13-3-5-19-6-4-13/h3-9H,10H2,1-2H3,(H,20,22)(H,21,23). The molecule has 0 saturated heterocycles. The van der Waals surface area contributed by atoms with E-state index in [1.54, 1.807) is 24.5 Å². The number of pyridine rings is 2. The largest absolute Gasteiger partial charge is 0.348 e. The Bertz CT molecular complexity index is 930. The zero-order chi connectivity index (χ0) is 16.4. The third-order valence-corrected chi connectivity index (χ3v) is 3.75. The minimum absolute atomic E-state index is 0.180. The second-order valence-corrected chi connectivity index (χ2v) is 5.59. The number of aryl methyl sites for hydroxylation is 2. The van der Waals surface area contributed by atoms with Gasteiger partial charge in [-0.15, -0.1) is 0 Å². The van der Waals surface area contributed by atoms with Gasteiger partial charge in [0.05, 0.1) is 5.52 Å². The summed E-state index contributed by atoms with van der Waals surface area (Å²) in [5.74, 6) is -0.229. The van der Waals surface area contributed by atoms with E-state index in [0.29, 0.717) is 11.1 Å². The third kappa shape index (κ3) is 3.13. The lowest BCUT2D eigenvalue weighted by atomic mass is 10.1. The lowest BCUT2D eigenvalue weighted by molar-refractivity contribution is 0.0950. The molecule has 5 nitrogen and oxygen atoms in total. The van der Waals surface area contributed by atoms with E-state index in [0.717, 1.165) is 22.0 Å². The Kier molecular flexibility index (Phi) is 3.93. The summed E-state index contributed by atoms with van der Waals surface area (Å²) in [6.45, 7) is 4.16. The summed E-state index contributed by atoms with van der Waals surface area (Å²) < 4.78 is 0. The maximum Gasteiger partial charge on any atom is 0.253 e. The molecule has 0 aliphatic carbocycles. The van der Waals surface area contributed by atoms with E-state index in [-0.39, 0.29) is 18.0 Å². The smallest absolute Gasteiger partial charge is 0.253 e. The summed E-state index contributed by atoms with van der Waals surface area (Å²) in [5, 5.41) is 3.73. The molecular weight excluding hydrogens is 290 g/mol. The summed E-state index contributed by atoms with van der Waals surface area (Å²) in [6, 6.07) is 9.15. The molecule has 0 bridgehead atoms. The van der Waals surface area contributed by atoms with E-state index >= 15 is 0 Å². The fourth-order valence-electron chi connectivity index (χ4n) is 2.64. The van der Waals surface area contributed by atoms with E-state index in [1.807, 2.05) is 32.0 Å². The third-order valence-electron chi connectivity index (χ3n) is 3.75. The first-order valence-corrected chi connectivity index (χ1v) is 7.36. The molecule has 3 aromatic rings. The maximum absolute atomic E-state index is 12.2. The number of aromatic amines is 1. The van der Waals surface area contributed by atoms with Gasteiger partial charge in [0.2, 0.25) is 0 Å². The molecular formula is C18H17N3O2. The number of nitrogens with zero attached hydrogens (tertiary/aromatic N) is 1. The molecule has 2 heterocycles. The van der Waals surface area contributed by atoms with Crippen LogP contribution in [0.3, 0.4) is 0 Å². The Morgan fingerprint density at radius 1 is 1.17 bits per heavy atom. The monoisotopic (exact) mass is 307 g/mol. The molecule has 116 valence electrons. The van der Waals surface area contributed by atoms with Gasteiger partial charge in [-0.2, -0.15) is 0 Å². The average Bonchev–Trinajstić information content (AvgIpc) is 2.54. The number of amides is 1. The van der Waals surface area contributed by atoms with Gasteiger partial charge in [-0.3, -0.25) is 14.6 Å². The molecule has 0 fully saturated rings. The molecule has 3 rings (SSSR count). The van der Waals surface area contributed by atoms with Crippen LogP contribution in [0.2, 0.25) is 0 Å². The highest BCUT2D eigenvalue weighted by Crippen LogP contribution is 2.17. The quantitative estimate of drug-likeness (QED) is 0.780. The maximum atomic E-state index is 12.2. The van der Waals surface area contributed by atoms with Crippen molar-refractivity contribution in [2.75, 3.05) is 0 Å². The average molecular weight is 307 g/mol. The summed E-state index contributed by atoms with van der Waals surface area (Å²) in [5.41, 5.74) is 3.87. The second kappa shape index (κ2) is 6.04. The van der Waals surface area contributed by atoms with E-state index in [1.165, 1.54) is 0 Å². The van der Waals surface area contributed by atoms with Crippen LogP contribution < -0.4 is 10.9 Å². The molecule has 2 aromatic heterocycles. The number of benzene rings is 1. The van der Waals surface area contributed by atoms with Crippen molar-refractivity contribution in [2.45, 2.75) is 20.4 Å². The van der Waals surface area contributed by atoms with Gasteiger partial charge in [-0.25, -0.2) is 0 Å². The molecule has 23 heavy (non-hydrogen) atoms. The highest BCUT2D eigenvalue weighted by Gasteiger charge is 2.08. The van der Waals surface area contributed by atoms with Gasteiger partial charge < -0.3 is 10.3 Å². The Labute approximate surface area is 133 Å². The van der Waals surface area contributed by atoms with Crippen LogP contribution in [0.15, 0.2) is 47.5 Å². The SMILES string of the molecule is Cc1cc(C)c2[nH]c(=O)c(CNC(=O)c3ccncc3)cc2c1. The van der Waals surface area contributed by atoms with Crippen LogP contribution in [0, 0.1) is 13.8 Å². The summed E-state index contributed by atoms with van der Waals surface area (Å²) >= 11 is 0. The van der Waals surface area contributed by atoms with Crippen LogP contribution in [0.25, 0.3) is 10.9 Å². The first-order chi connectivity index (χ1) is 11.0. The van der Waals surface area contributed by atoms with Crippen molar-refractivity contribution in [3.63, 3.8) is 0 Å². The number of rotatable bonds is 3. The van der Waals surface area contributed by atoms with Gasteiger partial charge >= 0.3 is 0 Å². The van der Waals surface area contributed by atoms with Gasteiger partial charge in [0.1, 0.15) is 0 Å². The van der Waals surface area contributed by atoms with Crippen molar-refractivity contribution in [3.8, 4) is 0 Å². The van der Waals surface area contributed by atoms with Crippen LogP contribution in [0.1, 0.15) is 27.0 Å². The molecule has 0 aliphatic heterocycles.